The first-order valence-electron chi connectivity index (χ1n) is 7.91. The second kappa shape index (κ2) is 7.61. The van der Waals surface area contributed by atoms with Crippen molar-refractivity contribution in [2.75, 3.05) is 0 Å². The van der Waals surface area contributed by atoms with Crippen molar-refractivity contribution in [1.82, 2.24) is 0 Å². The van der Waals surface area contributed by atoms with Gasteiger partial charge in [-0.05, 0) is 23.8 Å². The fourth-order valence-corrected chi connectivity index (χ4v) is 2.77. The van der Waals surface area contributed by atoms with Crippen molar-refractivity contribution in [2.45, 2.75) is 70.6 Å². The van der Waals surface area contributed by atoms with Crippen LogP contribution in [0, 0.1) is 5.92 Å². The molecule has 1 saturated carbocycles. The topological polar surface area (TPSA) is 0 Å². The van der Waals surface area contributed by atoms with Crippen molar-refractivity contribution in [2.24, 2.45) is 5.92 Å². The Labute approximate surface area is 113 Å². The normalized spacial score (nSPS) is 16.7. The van der Waals surface area contributed by atoms with Gasteiger partial charge in [0.25, 0.3) is 0 Å². The fourth-order valence-electron chi connectivity index (χ4n) is 2.77. The minimum Gasteiger partial charge on any atom is -0.0622 e. The van der Waals surface area contributed by atoms with E-state index in [0.717, 1.165) is 11.8 Å². The van der Waals surface area contributed by atoms with Crippen LogP contribution >= 0.6 is 0 Å². The maximum absolute atomic E-state index is 2.36. The van der Waals surface area contributed by atoms with Crippen LogP contribution in [0.5, 0.6) is 0 Å². The summed E-state index contributed by atoms with van der Waals surface area (Å²) in [5.74, 6) is 1.86. The Balaban J connectivity index is 1.47. The lowest BCUT2D eigenvalue weighted by atomic mass is 9.95. The van der Waals surface area contributed by atoms with Gasteiger partial charge in [-0.3, -0.25) is 0 Å². The molecule has 1 atom stereocenters. The predicted molar refractivity (Wildman–Crippen MR) is 79.9 cm³/mol. The average Bonchev–Trinajstić information content (AvgIpc) is 3.22. The number of rotatable bonds is 9. The summed E-state index contributed by atoms with van der Waals surface area (Å²) in [7, 11) is 0. The highest BCUT2D eigenvalue weighted by Gasteiger charge is 2.19. The summed E-state index contributed by atoms with van der Waals surface area (Å²) in [6.45, 7) is 2.36. The standard InChI is InChI=1S/C18H28/c1-16(18-12-8-5-9-13-18)10-6-3-2-4-7-11-17-14-15-17/h5,8-9,12-13,16-17H,2-4,6-7,10-11,14-15H2,1H3. The molecule has 1 aromatic carbocycles. The van der Waals surface area contributed by atoms with Crippen molar-refractivity contribution in [3.05, 3.63) is 35.9 Å². The third-order valence-corrected chi connectivity index (χ3v) is 4.32. The monoisotopic (exact) mass is 244 g/mol. The van der Waals surface area contributed by atoms with Crippen LogP contribution in [-0.2, 0) is 0 Å². The predicted octanol–water partition coefficient (Wildman–Crippen LogP) is 5.93. The maximum Gasteiger partial charge on any atom is -0.0190 e. The summed E-state index contributed by atoms with van der Waals surface area (Å²) < 4.78 is 0. The number of hydrogen-bond acceptors (Lipinski definition) is 0. The van der Waals surface area contributed by atoms with E-state index in [1.54, 1.807) is 0 Å². The van der Waals surface area contributed by atoms with Crippen molar-refractivity contribution < 1.29 is 0 Å². The summed E-state index contributed by atoms with van der Waals surface area (Å²) >= 11 is 0. The van der Waals surface area contributed by atoms with Crippen LogP contribution < -0.4 is 0 Å². The van der Waals surface area contributed by atoms with E-state index in [0.29, 0.717) is 0 Å². The molecular weight excluding hydrogens is 216 g/mol. The van der Waals surface area contributed by atoms with Crippen LogP contribution in [0.2, 0.25) is 0 Å². The average molecular weight is 244 g/mol. The zero-order valence-electron chi connectivity index (χ0n) is 11.9. The molecule has 0 bridgehead atoms. The summed E-state index contributed by atoms with van der Waals surface area (Å²) in [5, 5.41) is 0. The van der Waals surface area contributed by atoms with Gasteiger partial charge in [0.15, 0.2) is 0 Å². The van der Waals surface area contributed by atoms with Crippen LogP contribution in [0.25, 0.3) is 0 Å². The van der Waals surface area contributed by atoms with Crippen LogP contribution in [0.4, 0.5) is 0 Å². The van der Waals surface area contributed by atoms with Gasteiger partial charge in [0.2, 0.25) is 0 Å². The minimum absolute atomic E-state index is 0.734. The fraction of sp³-hybridized carbons (Fsp3) is 0.667. The third-order valence-electron chi connectivity index (χ3n) is 4.32. The van der Waals surface area contributed by atoms with E-state index in [1.807, 2.05) is 0 Å². The molecule has 0 amide bonds. The van der Waals surface area contributed by atoms with Crippen molar-refractivity contribution in [3.8, 4) is 0 Å². The van der Waals surface area contributed by atoms with E-state index < -0.39 is 0 Å². The first kappa shape index (κ1) is 13.6. The molecule has 0 saturated heterocycles. The van der Waals surface area contributed by atoms with Crippen molar-refractivity contribution in [1.29, 1.82) is 0 Å². The van der Waals surface area contributed by atoms with Gasteiger partial charge < -0.3 is 0 Å². The Bertz CT molecular complexity index is 310. The van der Waals surface area contributed by atoms with Gasteiger partial charge in [-0.2, -0.15) is 0 Å². The molecule has 0 nitrogen and oxygen atoms in total. The van der Waals surface area contributed by atoms with E-state index in [1.165, 1.54) is 63.4 Å². The lowest BCUT2D eigenvalue weighted by molar-refractivity contribution is 0.541. The molecule has 1 aromatic rings. The van der Waals surface area contributed by atoms with Crippen LogP contribution in [0.3, 0.4) is 0 Å². The molecule has 0 heteroatoms. The van der Waals surface area contributed by atoms with Crippen molar-refractivity contribution in [3.63, 3.8) is 0 Å². The van der Waals surface area contributed by atoms with Gasteiger partial charge in [-0.1, -0.05) is 88.6 Å². The summed E-state index contributed by atoms with van der Waals surface area (Å²) in [4.78, 5) is 0. The quantitative estimate of drug-likeness (QED) is 0.472. The molecule has 0 radical (unpaired) electrons. The zero-order chi connectivity index (χ0) is 12.6. The highest BCUT2D eigenvalue weighted by molar-refractivity contribution is 5.18. The zero-order valence-corrected chi connectivity index (χ0v) is 11.9. The molecule has 2 rings (SSSR count). The molecule has 0 N–H and O–H groups in total. The van der Waals surface area contributed by atoms with E-state index in [-0.39, 0.29) is 0 Å². The summed E-state index contributed by atoms with van der Waals surface area (Å²) in [6.07, 6.45) is 13.2. The molecule has 100 valence electrons. The first-order chi connectivity index (χ1) is 8.86. The van der Waals surface area contributed by atoms with Gasteiger partial charge in [-0.15, -0.1) is 0 Å². The SMILES string of the molecule is CC(CCCCCCCC1CC1)c1ccccc1. The van der Waals surface area contributed by atoms with E-state index in [2.05, 4.69) is 37.3 Å². The Morgan fingerprint density at radius 1 is 0.944 bits per heavy atom. The van der Waals surface area contributed by atoms with Crippen molar-refractivity contribution >= 4 is 0 Å². The van der Waals surface area contributed by atoms with Crippen LogP contribution in [0.1, 0.15) is 76.2 Å². The third kappa shape index (κ3) is 5.25. The van der Waals surface area contributed by atoms with Gasteiger partial charge in [0, 0.05) is 0 Å². The van der Waals surface area contributed by atoms with E-state index in [9.17, 15) is 0 Å². The van der Waals surface area contributed by atoms with Gasteiger partial charge >= 0.3 is 0 Å². The lowest BCUT2D eigenvalue weighted by Crippen LogP contribution is -1.93. The highest BCUT2D eigenvalue weighted by atomic mass is 14.3. The second-order valence-electron chi connectivity index (χ2n) is 6.10. The van der Waals surface area contributed by atoms with Gasteiger partial charge in [0.05, 0.1) is 0 Å². The van der Waals surface area contributed by atoms with Crippen LogP contribution in [0.15, 0.2) is 30.3 Å². The molecule has 18 heavy (non-hydrogen) atoms. The Hall–Kier alpha value is -0.780. The molecule has 0 aliphatic heterocycles. The van der Waals surface area contributed by atoms with E-state index >= 15 is 0 Å². The maximum atomic E-state index is 2.36. The van der Waals surface area contributed by atoms with Crippen LogP contribution in [-0.4, -0.2) is 0 Å². The second-order valence-corrected chi connectivity index (χ2v) is 6.10. The van der Waals surface area contributed by atoms with Gasteiger partial charge in [0.1, 0.15) is 0 Å². The molecular formula is C18H28. The Kier molecular flexibility index (Phi) is 5.77. The van der Waals surface area contributed by atoms with E-state index in [4.69, 9.17) is 0 Å². The number of benzene rings is 1. The lowest BCUT2D eigenvalue weighted by Gasteiger charge is -2.11. The molecule has 0 spiro atoms. The summed E-state index contributed by atoms with van der Waals surface area (Å²) in [6, 6.07) is 10.9. The molecule has 1 aliphatic carbocycles. The Morgan fingerprint density at radius 3 is 2.33 bits per heavy atom. The molecule has 1 unspecified atom stereocenters. The number of unbranched alkanes of at least 4 members (excludes halogenated alkanes) is 4. The minimum atomic E-state index is 0.734. The largest absolute Gasteiger partial charge is 0.0622 e. The molecule has 0 aromatic heterocycles. The molecule has 0 heterocycles. The molecule has 1 fully saturated rings. The summed E-state index contributed by atoms with van der Waals surface area (Å²) in [5.41, 5.74) is 1.51. The molecule has 1 aliphatic rings. The first-order valence-corrected chi connectivity index (χ1v) is 7.91. The van der Waals surface area contributed by atoms with Gasteiger partial charge in [-0.25, -0.2) is 0 Å². The Morgan fingerprint density at radius 2 is 1.61 bits per heavy atom. The number of hydrogen-bond donors (Lipinski definition) is 0. The smallest absolute Gasteiger partial charge is 0.0190 e. The highest BCUT2D eigenvalue weighted by Crippen LogP contribution is 2.34.